The first kappa shape index (κ1) is 35.9. The topological polar surface area (TPSA) is 173 Å². The Bertz CT molecular complexity index is 1860. The number of hydrogen-bond donors (Lipinski definition) is 3. The largest absolute Gasteiger partial charge is 0.446 e. The van der Waals surface area contributed by atoms with E-state index in [0.717, 1.165) is 54.9 Å². The maximum Gasteiger partial charge on any atom is 0.408 e. The zero-order valence-electron chi connectivity index (χ0n) is 29.2. The summed E-state index contributed by atoms with van der Waals surface area (Å²) in [6.07, 6.45) is 12.0. The number of allylic oxidation sites excluding steroid dienone is 1. The molecule has 3 saturated carbocycles. The van der Waals surface area contributed by atoms with Gasteiger partial charge in [0, 0.05) is 12.3 Å². The van der Waals surface area contributed by atoms with Crippen molar-refractivity contribution in [2.75, 3.05) is 6.54 Å². The van der Waals surface area contributed by atoms with Crippen LogP contribution in [0.1, 0.15) is 89.0 Å². The second kappa shape index (κ2) is 15.3. The molecule has 3 N–H and O–H groups in total. The highest BCUT2D eigenvalue weighted by molar-refractivity contribution is 7.91. The fourth-order valence-electron chi connectivity index (χ4n) is 7.64. The van der Waals surface area contributed by atoms with Gasteiger partial charge in [0.25, 0.3) is 5.91 Å². The molecule has 52 heavy (non-hydrogen) atoms. The number of carbonyl (C=O) groups is 4. The molecule has 4 fully saturated rings. The van der Waals surface area contributed by atoms with Crippen molar-refractivity contribution in [2.45, 2.75) is 119 Å². The number of nitrogens with one attached hydrogen (secondary N) is 3. The third kappa shape index (κ3) is 8.27. The van der Waals surface area contributed by atoms with Crippen LogP contribution in [0.3, 0.4) is 0 Å². The van der Waals surface area contributed by atoms with Gasteiger partial charge in [0.1, 0.15) is 29.8 Å². The van der Waals surface area contributed by atoms with Gasteiger partial charge in [0.05, 0.1) is 18.0 Å². The Morgan fingerprint density at radius 1 is 0.942 bits per heavy atom. The lowest BCUT2D eigenvalue weighted by atomic mass is 10.0. The number of ether oxygens (including phenoxy) is 1. The van der Waals surface area contributed by atoms with Gasteiger partial charge in [-0.1, -0.05) is 66.5 Å². The molecule has 2 aromatic rings. The molecule has 13 nitrogen and oxygen atoms in total. The molecular formula is C38H47N5O8S. The van der Waals surface area contributed by atoms with Crippen LogP contribution in [-0.2, 0) is 34.0 Å². The van der Waals surface area contributed by atoms with E-state index in [-0.39, 0.29) is 25.5 Å². The van der Waals surface area contributed by atoms with Crippen molar-refractivity contribution in [2.24, 2.45) is 11.1 Å². The molecule has 5 atom stereocenters. The third-order valence-electron chi connectivity index (χ3n) is 10.9. The number of nitrogens with zero attached hydrogens (tertiary/aromatic N) is 2. The Morgan fingerprint density at radius 3 is 2.50 bits per heavy atom. The SMILES string of the molecule is O=C(N[C@H]1CCCCC/C=C\[C@@H]2CC2(C(=O)NS(=O)(=O)C2CC2)NC(=O)[C@@H]2C[C@@H](O/N=C/c3ccc4ccccc4c3)CN2C1=O)OC1CCCC1. The maximum absolute atomic E-state index is 14.3. The van der Waals surface area contributed by atoms with Crippen LogP contribution < -0.4 is 15.4 Å². The number of benzene rings is 2. The lowest BCUT2D eigenvalue weighted by Crippen LogP contribution is -2.58. The van der Waals surface area contributed by atoms with Gasteiger partial charge in [0.2, 0.25) is 21.8 Å². The molecule has 0 bridgehead atoms. The Kier molecular flexibility index (Phi) is 10.5. The van der Waals surface area contributed by atoms with E-state index >= 15 is 0 Å². The molecule has 5 aliphatic rings. The summed E-state index contributed by atoms with van der Waals surface area (Å²) in [5.41, 5.74) is -0.660. The summed E-state index contributed by atoms with van der Waals surface area (Å²) in [5, 5.41) is 11.4. The van der Waals surface area contributed by atoms with Crippen molar-refractivity contribution in [3.63, 3.8) is 0 Å². The highest BCUT2D eigenvalue weighted by Crippen LogP contribution is 2.46. The van der Waals surface area contributed by atoms with Crippen LogP contribution in [-0.4, -0.2) is 85.0 Å². The molecule has 0 aromatic heterocycles. The second-order valence-corrected chi connectivity index (χ2v) is 16.8. The molecule has 2 aromatic carbocycles. The average Bonchev–Trinajstić information content (AvgIpc) is 4.00. The van der Waals surface area contributed by atoms with Gasteiger partial charge < -0.3 is 25.1 Å². The molecule has 1 unspecified atom stereocenters. The molecule has 1 saturated heterocycles. The average molecular weight is 734 g/mol. The van der Waals surface area contributed by atoms with Gasteiger partial charge in [-0.15, -0.1) is 0 Å². The fraction of sp³-hybridized carbons (Fsp3) is 0.553. The Balaban J connectivity index is 1.12. The van der Waals surface area contributed by atoms with Crippen molar-refractivity contribution in [3.8, 4) is 0 Å². The number of sulfonamides is 1. The van der Waals surface area contributed by atoms with E-state index in [1.807, 2.05) is 54.6 Å². The Labute approximate surface area is 304 Å². The quantitative estimate of drug-likeness (QED) is 0.206. The lowest BCUT2D eigenvalue weighted by Gasteiger charge is -2.30. The highest BCUT2D eigenvalue weighted by atomic mass is 32.2. The van der Waals surface area contributed by atoms with Gasteiger partial charge in [0.15, 0.2) is 0 Å². The Morgan fingerprint density at radius 2 is 1.71 bits per heavy atom. The molecule has 7 rings (SSSR count). The smallest absolute Gasteiger partial charge is 0.408 e. The monoisotopic (exact) mass is 733 g/mol. The minimum Gasteiger partial charge on any atom is -0.446 e. The summed E-state index contributed by atoms with van der Waals surface area (Å²) >= 11 is 0. The number of rotatable bonds is 8. The van der Waals surface area contributed by atoms with E-state index in [1.54, 1.807) is 6.21 Å². The fourth-order valence-corrected chi connectivity index (χ4v) is 9.00. The zero-order chi connectivity index (χ0) is 36.3. The van der Waals surface area contributed by atoms with Crippen molar-refractivity contribution >= 4 is 50.8 Å². The molecule has 2 heterocycles. The first-order chi connectivity index (χ1) is 25.1. The number of alkyl carbamates (subject to hydrolysis) is 1. The van der Waals surface area contributed by atoms with Gasteiger partial charge in [-0.3, -0.25) is 19.1 Å². The van der Waals surface area contributed by atoms with E-state index in [0.29, 0.717) is 32.1 Å². The maximum atomic E-state index is 14.3. The summed E-state index contributed by atoms with van der Waals surface area (Å²) in [5.74, 6) is -2.23. The summed E-state index contributed by atoms with van der Waals surface area (Å²) in [7, 11) is -3.87. The van der Waals surface area contributed by atoms with E-state index in [4.69, 9.17) is 9.57 Å². The second-order valence-electron chi connectivity index (χ2n) is 14.8. The van der Waals surface area contributed by atoms with Crippen molar-refractivity contribution in [1.82, 2.24) is 20.3 Å². The number of fused-ring (bicyclic) bond motifs is 3. The highest BCUT2D eigenvalue weighted by Gasteiger charge is 2.62. The zero-order valence-corrected chi connectivity index (χ0v) is 30.0. The van der Waals surface area contributed by atoms with Crippen LogP contribution in [0.4, 0.5) is 4.79 Å². The van der Waals surface area contributed by atoms with Crippen LogP contribution in [0.25, 0.3) is 10.8 Å². The first-order valence-electron chi connectivity index (χ1n) is 18.6. The van der Waals surface area contributed by atoms with Crippen LogP contribution in [0, 0.1) is 5.92 Å². The molecule has 14 heteroatoms. The van der Waals surface area contributed by atoms with E-state index in [1.165, 1.54) is 4.90 Å². The van der Waals surface area contributed by atoms with Gasteiger partial charge >= 0.3 is 6.09 Å². The molecule has 3 aliphatic carbocycles. The summed E-state index contributed by atoms with van der Waals surface area (Å²) in [6, 6.07) is 11.8. The van der Waals surface area contributed by atoms with Crippen LogP contribution in [0.2, 0.25) is 0 Å². The molecule has 0 spiro atoms. The lowest BCUT2D eigenvalue weighted by molar-refractivity contribution is -0.141. The normalized spacial score (nSPS) is 29.3. The summed E-state index contributed by atoms with van der Waals surface area (Å²) < 4.78 is 33.4. The number of carbonyl (C=O) groups excluding carboxylic acids is 4. The van der Waals surface area contributed by atoms with Crippen molar-refractivity contribution in [1.29, 1.82) is 0 Å². The molecular weight excluding hydrogens is 687 g/mol. The standard InChI is InChI=1S/C38H47N5O8S/c44-34-33-21-30(51-39-23-25-16-17-26-10-6-7-11-27(26)20-25)24-43(33)35(45)32(40-37(47)50-29-13-8-9-14-29)15-5-3-1-2-4-12-28-22-38(28,41-34)36(46)42-52(48,49)31-18-19-31/h4,6-7,10-12,16-17,20,23,28-33H,1-3,5,8-9,13-15,18-19,21-22,24H2,(H,40,47)(H,41,44)(H,42,46)/b12-4-,39-23+/t28-,30-,32+,33+,38?/m1/s1. The van der Waals surface area contributed by atoms with Crippen LogP contribution in [0.5, 0.6) is 0 Å². The van der Waals surface area contributed by atoms with Gasteiger partial charge in [-0.05, 0) is 86.6 Å². The number of oxime groups is 1. The van der Waals surface area contributed by atoms with Gasteiger partial charge in [-0.25, -0.2) is 13.2 Å². The van der Waals surface area contributed by atoms with Crippen LogP contribution in [0.15, 0.2) is 59.8 Å². The van der Waals surface area contributed by atoms with E-state index in [9.17, 15) is 27.6 Å². The van der Waals surface area contributed by atoms with Crippen molar-refractivity contribution < 1.29 is 37.2 Å². The first-order valence-corrected chi connectivity index (χ1v) is 20.2. The van der Waals surface area contributed by atoms with Crippen molar-refractivity contribution in [3.05, 3.63) is 60.2 Å². The number of amides is 4. The van der Waals surface area contributed by atoms with E-state index < -0.39 is 68.7 Å². The number of hydrogen-bond acceptors (Lipinski definition) is 9. The summed E-state index contributed by atoms with van der Waals surface area (Å²) in [6.45, 7) is 0.0143. The minimum absolute atomic E-state index is 0.0143. The molecule has 0 radical (unpaired) electrons. The van der Waals surface area contributed by atoms with Crippen LogP contribution >= 0.6 is 0 Å². The molecule has 4 amide bonds. The third-order valence-corrected chi connectivity index (χ3v) is 12.7. The molecule has 2 aliphatic heterocycles. The summed E-state index contributed by atoms with van der Waals surface area (Å²) in [4.78, 5) is 62.4. The minimum atomic E-state index is -3.87. The van der Waals surface area contributed by atoms with Gasteiger partial charge in [-0.2, -0.15) is 0 Å². The predicted molar refractivity (Wildman–Crippen MR) is 193 cm³/mol. The predicted octanol–water partition coefficient (Wildman–Crippen LogP) is 4.20. The molecule has 278 valence electrons. The Hall–Kier alpha value is -4.46. The van der Waals surface area contributed by atoms with E-state index in [2.05, 4.69) is 20.5 Å².